The highest BCUT2D eigenvalue weighted by Gasteiger charge is 2.10. The van der Waals surface area contributed by atoms with Crippen molar-refractivity contribution < 1.29 is 4.79 Å². The van der Waals surface area contributed by atoms with Gasteiger partial charge in [-0.3, -0.25) is 4.79 Å². The molecule has 1 heterocycles. The van der Waals surface area contributed by atoms with Gasteiger partial charge in [0, 0.05) is 10.9 Å². The van der Waals surface area contributed by atoms with Gasteiger partial charge in [0.2, 0.25) is 0 Å². The van der Waals surface area contributed by atoms with E-state index >= 15 is 0 Å². The summed E-state index contributed by atoms with van der Waals surface area (Å²) in [5.74, 6) is -0.142. The molecule has 0 saturated carbocycles. The van der Waals surface area contributed by atoms with E-state index in [0.29, 0.717) is 5.69 Å². The number of amides is 1. The van der Waals surface area contributed by atoms with Crippen LogP contribution in [0.4, 0.5) is 0 Å². The highest BCUT2D eigenvalue weighted by Crippen LogP contribution is 2.07. The lowest BCUT2D eigenvalue weighted by atomic mass is 10.3. The lowest BCUT2D eigenvalue weighted by molar-refractivity contribution is 0.0943. The lowest BCUT2D eigenvalue weighted by Gasteiger charge is -2.06. The number of aromatic nitrogens is 1. The van der Waals surface area contributed by atoms with Crippen LogP contribution in [0.5, 0.6) is 0 Å². The van der Waals surface area contributed by atoms with Gasteiger partial charge in [-0.25, -0.2) is 0 Å². The van der Waals surface area contributed by atoms with Crippen molar-refractivity contribution in [3.05, 3.63) is 29.3 Å². The molecule has 0 saturated heterocycles. The molecule has 1 aromatic rings. The van der Waals surface area contributed by atoms with Crippen LogP contribution >= 0.6 is 11.5 Å². The van der Waals surface area contributed by atoms with E-state index < -0.39 is 0 Å². The molecule has 4 heteroatoms. The fraction of sp³-hybridized carbons (Fsp3) is 0.333. The fourth-order valence-electron chi connectivity index (χ4n) is 0.813. The van der Waals surface area contributed by atoms with Crippen LogP contribution in [0.15, 0.2) is 18.7 Å². The Morgan fingerprint density at radius 1 is 1.85 bits per heavy atom. The van der Waals surface area contributed by atoms with Crippen LogP contribution in [-0.2, 0) is 0 Å². The molecule has 0 aromatic carbocycles. The van der Waals surface area contributed by atoms with Gasteiger partial charge in [0.15, 0.2) is 0 Å². The van der Waals surface area contributed by atoms with E-state index in [1.165, 1.54) is 11.5 Å². The van der Waals surface area contributed by atoms with Crippen LogP contribution in [0.2, 0.25) is 0 Å². The van der Waals surface area contributed by atoms with E-state index in [-0.39, 0.29) is 11.9 Å². The number of nitrogens with zero attached hydrogens (tertiary/aromatic N) is 1. The first-order valence-electron chi connectivity index (χ1n) is 4.00. The number of hydrogen-bond acceptors (Lipinski definition) is 3. The number of aryl methyl sites for hydroxylation is 1. The monoisotopic (exact) mass is 196 g/mol. The number of carbonyl (C=O) groups excluding carboxylic acids is 1. The van der Waals surface area contributed by atoms with Gasteiger partial charge in [-0.2, -0.15) is 4.37 Å². The Hall–Kier alpha value is -1.16. The van der Waals surface area contributed by atoms with Crippen LogP contribution in [0.25, 0.3) is 0 Å². The third-order valence-electron chi connectivity index (χ3n) is 1.57. The summed E-state index contributed by atoms with van der Waals surface area (Å²) in [6.45, 7) is 7.37. The predicted octanol–water partition coefficient (Wildman–Crippen LogP) is 1.76. The topological polar surface area (TPSA) is 42.0 Å². The number of hydrogen-bond donors (Lipinski definition) is 1. The quantitative estimate of drug-likeness (QED) is 0.748. The van der Waals surface area contributed by atoms with Gasteiger partial charge in [0.1, 0.15) is 5.69 Å². The van der Waals surface area contributed by atoms with E-state index in [9.17, 15) is 4.79 Å². The number of nitrogens with one attached hydrogen (secondary N) is 1. The summed E-state index contributed by atoms with van der Waals surface area (Å²) in [6.07, 6.45) is 1.68. The molecule has 1 unspecified atom stereocenters. The second-order valence-corrected chi connectivity index (χ2v) is 3.83. The second-order valence-electron chi connectivity index (χ2n) is 2.82. The van der Waals surface area contributed by atoms with Crippen LogP contribution < -0.4 is 5.32 Å². The van der Waals surface area contributed by atoms with Gasteiger partial charge in [0.25, 0.3) is 5.91 Å². The molecular formula is C9H12N2OS. The third-order valence-corrected chi connectivity index (χ3v) is 2.27. The molecule has 1 aromatic heterocycles. The van der Waals surface area contributed by atoms with E-state index in [2.05, 4.69) is 16.3 Å². The van der Waals surface area contributed by atoms with Gasteiger partial charge in [-0.05, 0) is 31.4 Å². The Bertz CT molecular complexity index is 319. The maximum atomic E-state index is 11.4. The zero-order chi connectivity index (χ0) is 9.84. The molecule has 0 bridgehead atoms. The molecule has 1 amide bonds. The summed E-state index contributed by atoms with van der Waals surface area (Å²) < 4.78 is 4.00. The molecule has 0 radical (unpaired) electrons. The summed E-state index contributed by atoms with van der Waals surface area (Å²) >= 11 is 1.33. The summed E-state index contributed by atoms with van der Waals surface area (Å²) in [4.78, 5) is 12.5. The Labute approximate surface area is 81.6 Å². The first-order chi connectivity index (χ1) is 6.13. The fourth-order valence-corrected chi connectivity index (χ4v) is 1.36. The van der Waals surface area contributed by atoms with Crippen molar-refractivity contribution in [2.75, 3.05) is 0 Å². The van der Waals surface area contributed by atoms with Gasteiger partial charge in [-0.1, -0.05) is 6.08 Å². The lowest BCUT2D eigenvalue weighted by Crippen LogP contribution is -2.30. The average Bonchev–Trinajstić information content (AvgIpc) is 2.51. The standard InChI is InChI=1S/C9H12N2OS/c1-4-6(2)10-9(12)8-5-7(3)13-11-8/h4-6H,1H2,2-3H3,(H,10,12). The Kier molecular flexibility index (Phi) is 3.19. The van der Waals surface area contributed by atoms with Crippen molar-refractivity contribution >= 4 is 17.4 Å². The Balaban J connectivity index is 2.63. The highest BCUT2D eigenvalue weighted by molar-refractivity contribution is 7.05. The molecule has 1 atom stereocenters. The number of rotatable bonds is 3. The SMILES string of the molecule is C=CC(C)NC(=O)c1cc(C)sn1. The van der Waals surface area contributed by atoms with Crippen molar-refractivity contribution in [2.24, 2.45) is 0 Å². The maximum Gasteiger partial charge on any atom is 0.271 e. The second kappa shape index (κ2) is 4.18. The van der Waals surface area contributed by atoms with Crippen molar-refractivity contribution in [1.29, 1.82) is 0 Å². The molecular weight excluding hydrogens is 184 g/mol. The van der Waals surface area contributed by atoms with E-state index in [1.807, 2.05) is 13.8 Å². The van der Waals surface area contributed by atoms with Crippen LogP contribution in [0.3, 0.4) is 0 Å². The molecule has 70 valence electrons. The molecule has 0 spiro atoms. The van der Waals surface area contributed by atoms with E-state index in [4.69, 9.17) is 0 Å². The number of carbonyl (C=O) groups is 1. The predicted molar refractivity (Wildman–Crippen MR) is 54.0 cm³/mol. The van der Waals surface area contributed by atoms with E-state index in [1.54, 1.807) is 12.1 Å². The maximum absolute atomic E-state index is 11.4. The molecule has 3 nitrogen and oxygen atoms in total. The van der Waals surface area contributed by atoms with Crippen molar-refractivity contribution in [3.63, 3.8) is 0 Å². The summed E-state index contributed by atoms with van der Waals surface area (Å²) in [7, 11) is 0. The minimum absolute atomic E-state index is 0.0190. The van der Waals surface area contributed by atoms with Gasteiger partial charge >= 0.3 is 0 Å². The van der Waals surface area contributed by atoms with Gasteiger partial charge < -0.3 is 5.32 Å². The normalized spacial score (nSPS) is 12.2. The van der Waals surface area contributed by atoms with Crippen LogP contribution in [0, 0.1) is 6.92 Å². The summed E-state index contributed by atoms with van der Waals surface area (Å²) in [5.41, 5.74) is 0.483. The molecule has 0 aliphatic heterocycles. The Morgan fingerprint density at radius 3 is 3.00 bits per heavy atom. The van der Waals surface area contributed by atoms with Crippen LogP contribution in [0.1, 0.15) is 22.3 Å². The minimum atomic E-state index is -0.142. The molecule has 1 rings (SSSR count). The van der Waals surface area contributed by atoms with Crippen molar-refractivity contribution in [2.45, 2.75) is 19.9 Å². The van der Waals surface area contributed by atoms with E-state index in [0.717, 1.165) is 4.88 Å². The van der Waals surface area contributed by atoms with Crippen molar-refractivity contribution in [3.8, 4) is 0 Å². The van der Waals surface area contributed by atoms with Gasteiger partial charge in [-0.15, -0.1) is 6.58 Å². The van der Waals surface area contributed by atoms with Crippen molar-refractivity contribution in [1.82, 2.24) is 9.69 Å². The first kappa shape index (κ1) is 9.92. The highest BCUT2D eigenvalue weighted by atomic mass is 32.1. The molecule has 0 aliphatic rings. The average molecular weight is 196 g/mol. The van der Waals surface area contributed by atoms with Gasteiger partial charge in [0.05, 0.1) is 0 Å². The Morgan fingerprint density at radius 2 is 2.54 bits per heavy atom. The zero-order valence-electron chi connectivity index (χ0n) is 7.70. The summed E-state index contributed by atoms with van der Waals surface area (Å²) in [5, 5.41) is 2.75. The zero-order valence-corrected chi connectivity index (χ0v) is 8.52. The molecule has 1 N–H and O–H groups in total. The summed E-state index contributed by atoms with van der Waals surface area (Å²) in [6, 6.07) is 1.75. The smallest absolute Gasteiger partial charge is 0.271 e. The third kappa shape index (κ3) is 2.66. The van der Waals surface area contributed by atoms with Crippen LogP contribution in [-0.4, -0.2) is 16.3 Å². The minimum Gasteiger partial charge on any atom is -0.345 e. The molecule has 0 fully saturated rings. The first-order valence-corrected chi connectivity index (χ1v) is 4.77. The largest absolute Gasteiger partial charge is 0.345 e. The molecule has 13 heavy (non-hydrogen) atoms. The molecule has 0 aliphatic carbocycles.